The van der Waals surface area contributed by atoms with Crippen molar-refractivity contribution in [1.29, 1.82) is 0 Å². The fourth-order valence-corrected chi connectivity index (χ4v) is 4.07. The summed E-state index contributed by atoms with van der Waals surface area (Å²) in [7, 11) is 0. The summed E-state index contributed by atoms with van der Waals surface area (Å²) in [6.07, 6.45) is 6.18. The topological polar surface area (TPSA) is 56.5 Å². The molecule has 2 aromatic heterocycles. The van der Waals surface area contributed by atoms with E-state index in [1.54, 1.807) is 29.7 Å². The largest absolute Gasteiger partial charge is 0.461 e. The van der Waals surface area contributed by atoms with E-state index in [1.807, 2.05) is 21.7 Å². The highest BCUT2D eigenvalue weighted by Gasteiger charge is 2.23. The summed E-state index contributed by atoms with van der Waals surface area (Å²) in [5, 5.41) is 0. The molecule has 1 amide bonds. The SMILES string of the molecule is CCOC(=O)c1cc2c(ccn2-c2ccc(F)cc2)n1CC(=O)N1CCCCCC1. The van der Waals surface area contributed by atoms with Crippen molar-refractivity contribution >= 4 is 22.9 Å². The molecule has 30 heavy (non-hydrogen) atoms. The molecule has 1 aromatic carbocycles. The maximum Gasteiger partial charge on any atom is 0.355 e. The summed E-state index contributed by atoms with van der Waals surface area (Å²) in [5.74, 6) is -0.757. The Labute approximate surface area is 174 Å². The Balaban J connectivity index is 1.72. The molecule has 0 bridgehead atoms. The predicted octanol–water partition coefficient (Wildman–Crippen LogP) is 4.15. The van der Waals surface area contributed by atoms with E-state index >= 15 is 0 Å². The molecule has 0 N–H and O–H groups in total. The molecule has 1 fully saturated rings. The van der Waals surface area contributed by atoms with Crippen LogP contribution in [0.25, 0.3) is 16.7 Å². The Morgan fingerprint density at radius 2 is 1.70 bits per heavy atom. The minimum absolute atomic E-state index is 0.00878. The molecule has 4 rings (SSSR count). The van der Waals surface area contributed by atoms with Crippen LogP contribution in [-0.2, 0) is 16.1 Å². The van der Waals surface area contributed by atoms with Crippen LogP contribution in [0.1, 0.15) is 43.1 Å². The molecular formula is C23H26FN3O3. The first-order valence-corrected chi connectivity index (χ1v) is 10.5. The monoisotopic (exact) mass is 411 g/mol. The maximum absolute atomic E-state index is 13.3. The van der Waals surface area contributed by atoms with Crippen molar-refractivity contribution in [2.75, 3.05) is 19.7 Å². The van der Waals surface area contributed by atoms with Crippen LogP contribution in [0.5, 0.6) is 0 Å². The van der Waals surface area contributed by atoms with Crippen LogP contribution in [0.2, 0.25) is 0 Å². The third-order valence-corrected chi connectivity index (χ3v) is 5.60. The van der Waals surface area contributed by atoms with Gasteiger partial charge in [-0.25, -0.2) is 9.18 Å². The predicted molar refractivity (Wildman–Crippen MR) is 112 cm³/mol. The molecule has 1 saturated heterocycles. The second-order valence-corrected chi connectivity index (χ2v) is 7.56. The number of nitrogens with zero attached hydrogens (tertiary/aromatic N) is 3. The van der Waals surface area contributed by atoms with Crippen molar-refractivity contribution < 1.29 is 18.7 Å². The highest BCUT2D eigenvalue weighted by Crippen LogP contribution is 2.26. The van der Waals surface area contributed by atoms with Gasteiger partial charge >= 0.3 is 5.97 Å². The summed E-state index contributed by atoms with van der Waals surface area (Å²) in [6.45, 7) is 3.62. The minimum Gasteiger partial charge on any atom is -0.461 e. The number of esters is 1. The normalized spacial score (nSPS) is 14.7. The van der Waals surface area contributed by atoms with Crippen molar-refractivity contribution in [3.63, 3.8) is 0 Å². The van der Waals surface area contributed by atoms with Gasteiger partial charge in [-0.15, -0.1) is 0 Å². The van der Waals surface area contributed by atoms with Crippen LogP contribution in [-0.4, -0.2) is 45.6 Å². The molecule has 7 heteroatoms. The Bertz CT molecular complexity index is 1040. The third kappa shape index (κ3) is 3.97. The van der Waals surface area contributed by atoms with E-state index in [0.29, 0.717) is 5.69 Å². The standard InChI is InChI=1S/C23H26FN3O3/c1-2-30-23(29)21-15-20-19(11-14-26(20)18-9-7-17(24)8-10-18)27(21)16-22(28)25-12-5-3-4-6-13-25/h7-11,14-15H,2-6,12-13,16H2,1H3. The van der Waals surface area contributed by atoms with Crippen molar-refractivity contribution in [3.8, 4) is 5.69 Å². The molecule has 6 nitrogen and oxygen atoms in total. The number of likely N-dealkylation sites (tertiary alicyclic amines) is 1. The van der Waals surface area contributed by atoms with Gasteiger partial charge in [0.2, 0.25) is 5.91 Å². The third-order valence-electron chi connectivity index (χ3n) is 5.60. The van der Waals surface area contributed by atoms with E-state index in [4.69, 9.17) is 4.74 Å². The lowest BCUT2D eigenvalue weighted by molar-refractivity contribution is -0.131. The minimum atomic E-state index is -0.456. The van der Waals surface area contributed by atoms with Crippen LogP contribution < -0.4 is 0 Å². The van der Waals surface area contributed by atoms with Crippen LogP contribution >= 0.6 is 0 Å². The lowest BCUT2D eigenvalue weighted by atomic mass is 10.2. The summed E-state index contributed by atoms with van der Waals surface area (Å²) in [6, 6.07) is 9.77. The molecule has 0 saturated carbocycles. The second-order valence-electron chi connectivity index (χ2n) is 7.56. The number of rotatable bonds is 5. The fourth-order valence-electron chi connectivity index (χ4n) is 4.07. The lowest BCUT2D eigenvalue weighted by Gasteiger charge is -2.21. The number of ether oxygens (including phenoxy) is 1. The number of fused-ring (bicyclic) bond motifs is 1. The van der Waals surface area contributed by atoms with Crippen molar-refractivity contribution in [2.45, 2.75) is 39.2 Å². The molecule has 0 atom stereocenters. The van der Waals surface area contributed by atoms with Crippen molar-refractivity contribution in [2.24, 2.45) is 0 Å². The van der Waals surface area contributed by atoms with Gasteiger partial charge in [0.05, 0.1) is 17.6 Å². The molecule has 0 unspecified atom stereocenters. The molecule has 0 spiro atoms. The molecule has 158 valence electrons. The van der Waals surface area contributed by atoms with Gasteiger partial charge in [-0.05, 0) is 56.2 Å². The van der Waals surface area contributed by atoms with Crippen LogP contribution in [0.15, 0.2) is 42.6 Å². The number of halogens is 1. The molecule has 1 aliphatic heterocycles. The van der Waals surface area contributed by atoms with Crippen molar-refractivity contribution in [1.82, 2.24) is 14.0 Å². The number of aromatic nitrogens is 2. The molecule has 3 aromatic rings. The molecule has 1 aliphatic rings. The highest BCUT2D eigenvalue weighted by molar-refractivity contribution is 5.96. The van der Waals surface area contributed by atoms with Crippen molar-refractivity contribution in [3.05, 3.63) is 54.1 Å². The maximum atomic E-state index is 13.3. The van der Waals surface area contributed by atoms with Gasteiger partial charge in [-0.2, -0.15) is 0 Å². The number of amides is 1. The average molecular weight is 411 g/mol. The van der Waals surface area contributed by atoms with E-state index in [0.717, 1.165) is 55.5 Å². The molecule has 3 heterocycles. The Morgan fingerprint density at radius 3 is 2.37 bits per heavy atom. The number of hydrogen-bond donors (Lipinski definition) is 0. The summed E-state index contributed by atoms with van der Waals surface area (Å²) in [5.41, 5.74) is 2.66. The van der Waals surface area contributed by atoms with Crippen LogP contribution in [0.3, 0.4) is 0 Å². The van der Waals surface area contributed by atoms with E-state index < -0.39 is 5.97 Å². The van der Waals surface area contributed by atoms with Gasteiger partial charge in [0.15, 0.2) is 0 Å². The van der Waals surface area contributed by atoms with E-state index in [-0.39, 0.29) is 24.9 Å². The zero-order chi connectivity index (χ0) is 21.1. The summed E-state index contributed by atoms with van der Waals surface area (Å²) in [4.78, 5) is 27.5. The number of carbonyl (C=O) groups is 2. The second kappa shape index (κ2) is 8.73. The van der Waals surface area contributed by atoms with Gasteiger partial charge in [0.1, 0.15) is 18.1 Å². The zero-order valence-corrected chi connectivity index (χ0v) is 17.1. The van der Waals surface area contributed by atoms with Crippen LogP contribution in [0.4, 0.5) is 4.39 Å². The first-order chi connectivity index (χ1) is 14.6. The first kappa shape index (κ1) is 20.2. The number of hydrogen-bond acceptors (Lipinski definition) is 3. The highest BCUT2D eigenvalue weighted by atomic mass is 19.1. The zero-order valence-electron chi connectivity index (χ0n) is 17.1. The van der Waals surface area contributed by atoms with Gasteiger partial charge in [0.25, 0.3) is 0 Å². The molecule has 0 aliphatic carbocycles. The molecule has 0 radical (unpaired) electrons. The van der Waals surface area contributed by atoms with Gasteiger partial charge in [0, 0.05) is 25.0 Å². The van der Waals surface area contributed by atoms with E-state index in [2.05, 4.69) is 0 Å². The smallest absolute Gasteiger partial charge is 0.355 e. The van der Waals surface area contributed by atoms with E-state index in [1.165, 1.54) is 12.1 Å². The lowest BCUT2D eigenvalue weighted by Crippen LogP contribution is -2.35. The quantitative estimate of drug-likeness (QED) is 0.593. The fraction of sp³-hybridized carbons (Fsp3) is 0.391. The number of carbonyl (C=O) groups excluding carboxylic acids is 2. The molecular weight excluding hydrogens is 385 g/mol. The average Bonchev–Trinajstić information content (AvgIpc) is 3.17. The Morgan fingerprint density at radius 1 is 1.00 bits per heavy atom. The van der Waals surface area contributed by atoms with E-state index in [9.17, 15) is 14.0 Å². The van der Waals surface area contributed by atoms with Crippen LogP contribution in [0, 0.1) is 5.82 Å². The van der Waals surface area contributed by atoms with Gasteiger partial charge < -0.3 is 18.8 Å². The summed E-state index contributed by atoms with van der Waals surface area (Å²) < 4.78 is 22.2. The number of benzene rings is 1. The summed E-state index contributed by atoms with van der Waals surface area (Å²) >= 11 is 0. The van der Waals surface area contributed by atoms with Gasteiger partial charge in [-0.3, -0.25) is 4.79 Å². The van der Waals surface area contributed by atoms with Gasteiger partial charge in [-0.1, -0.05) is 12.8 Å². The Kier molecular flexibility index (Phi) is 5.88. The Hall–Kier alpha value is -3.09. The first-order valence-electron chi connectivity index (χ1n) is 10.5.